The number of benzene rings is 1. The van der Waals surface area contributed by atoms with Gasteiger partial charge >= 0.3 is 0 Å². The van der Waals surface area contributed by atoms with Gasteiger partial charge in [-0.15, -0.1) is 0 Å². The van der Waals surface area contributed by atoms with Crippen molar-refractivity contribution in [2.75, 3.05) is 5.32 Å². The van der Waals surface area contributed by atoms with Crippen LogP contribution in [0.25, 0.3) is 0 Å². The second-order valence-corrected chi connectivity index (χ2v) is 11.4. The van der Waals surface area contributed by atoms with Crippen LogP contribution in [0, 0.1) is 10.8 Å². The van der Waals surface area contributed by atoms with Gasteiger partial charge in [-0.05, 0) is 38.0 Å². The van der Waals surface area contributed by atoms with Gasteiger partial charge in [0.05, 0.1) is 14.4 Å². The van der Waals surface area contributed by atoms with Crippen LogP contribution >= 0.6 is 31.9 Å². The van der Waals surface area contributed by atoms with Gasteiger partial charge in [-0.25, -0.2) is 5.43 Å². The molecular formula is C18H23Br2N3O2. The van der Waals surface area contributed by atoms with Gasteiger partial charge in [0.1, 0.15) is 0 Å². The Hall–Kier alpha value is -1.21. The third kappa shape index (κ3) is 4.50. The van der Waals surface area contributed by atoms with E-state index in [1.807, 2.05) is 58.9 Å². The second kappa shape index (κ2) is 6.83. The van der Waals surface area contributed by atoms with Gasteiger partial charge in [0.2, 0.25) is 11.8 Å². The van der Waals surface area contributed by atoms with E-state index < -0.39 is 10.8 Å². The van der Waals surface area contributed by atoms with E-state index in [1.165, 1.54) is 0 Å². The Morgan fingerprint density at radius 3 is 2.36 bits per heavy atom. The molecule has 1 fully saturated rings. The summed E-state index contributed by atoms with van der Waals surface area (Å²) in [5.74, 6) is -0.196. The van der Waals surface area contributed by atoms with Gasteiger partial charge in [0, 0.05) is 11.1 Å². The Balaban J connectivity index is 2.07. The van der Waals surface area contributed by atoms with E-state index in [1.54, 1.807) is 0 Å². The SMILES string of the molecule is CC(=NNC(=O)[C@@]1(C)CC1(Br)Br)c1cccc(NC(=O)C(C)(C)C)c1. The number of carbonyl (C=O) groups is 2. The Morgan fingerprint density at radius 2 is 1.84 bits per heavy atom. The quantitative estimate of drug-likeness (QED) is 0.387. The molecule has 136 valence electrons. The van der Waals surface area contributed by atoms with Crippen molar-refractivity contribution in [2.24, 2.45) is 15.9 Å². The Labute approximate surface area is 165 Å². The molecule has 2 amide bonds. The van der Waals surface area contributed by atoms with Crippen molar-refractivity contribution in [2.45, 2.75) is 44.3 Å². The maximum Gasteiger partial charge on any atom is 0.248 e. The lowest BCUT2D eigenvalue weighted by atomic mass is 9.95. The summed E-state index contributed by atoms with van der Waals surface area (Å²) in [4.78, 5) is 24.4. The van der Waals surface area contributed by atoms with Crippen LogP contribution in [0.3, 0.4) is 0 Å². The molecule has 0 unspecified atom stereocenters. The van der Waals surface area contributed by atoms with Crippen LogP contribution < -0.4 is 10.7 Å². The van der Waals surface area contributed by atoms with Crippen molar-refractivity contribution in [3.05, 3.63) is 29.8 Å². The van der Waals surface area contributed by atoms with E-state index in [0.29, 0.717) is 17.8 Å². The maximum atomic E-state index is 12.3. The molecule has 1 atom stereocenters. The molecule has 2 rings (SSSR count). The lowest BCUT2D eigenvalue weighted by Gasteiger charge is -2.18. The Morgan fingerprint density at radius 1 is 1.24 bits per heavy atom. The summed E-state index contributed by atoms with van der Waals surface area (Å²) in [6.45, 7) is 9.27. The first-order chi connectivity index (χ1) is 11.4. The van der Waals surface area contributed by atoms with E-state index in [4.69, 9.17) is 0 Å². The number of anilines is 1. The molecule has 0 aliphatic heterocycles. The van der Waals surface area contributed by atoms with Crippen LogP contribution in [0.1, 0.15) is 46.6 Å². The zero-order chi connectivity index (χ0) is 19.0. The normalized spacial score (nSPS) is 22.3. The van der Waals surface area contributed by atoms with Gasteiger partial charge in [-0.3, -0.25) is 9.59 Å². The smallest absolute Gasteiger partial charge is 0.248 e. The maximum absolute atomic E-state index is 12.3. The summed E-state index contributed by atoms with van der Waals surface area (Å²) in [5, 5.41) is 7.09. The van der Waals surface area contributed by atoms with Crippen molar-refractivity contribution < 1.29 is 9.59 Å². The van der Waals surface area contributed by atoms with Crippen molar-refractivity contribution in [3.63, 3.8) is 0 Å². The molecular weight excluding hydrogens is 450 g/mol. The average molecular weight is 473 g/mol. The monoisotopic (exact) mass is 471 g/mol. The fourth-order valence-electron chi connectivity index (χ4n) is 2.11. The van der Waals surface area contributed by atoms with Crippen molar-refractivity contribution >= 4 is 55.1 Å². The molecule has 1 saturated carbocycles. The third-order valence-corrected chi connectivity index (χ3v) is 6.61. The van der Waals surface area contributed by atoms with Crippen molar-refractivity contribution in [1.29, 1.82) is 0 Å². The van der Waals surface area contributed by atoms with Crippen LogP contribution in [0.5, 0.6) is 0 Å². The lowest BCUT2D eigenvalue weighted by Crippen LogP contribution is -2.30. The summed E-state index contributed by atoms with van der Waals surface area (Å²) in [6, 6.07) is 7.40. The van der Waals surface area contributed by atoms with Gasteiger partial charge in [-0.1, -0.05) is 64.8 Å². The molecule has 7 heteroatoms. The Kier molecular flexibility index (Phi) is 5.50. The molecule has 0 bridgehead atoms. The molecule has 5 nitrogen and oxygen atoms in total. The summed E-state index contributed by atoms with van der Waals surface area (Å²) in [5.41, 5.74) is 3.84. The van der Waals surface area contributed by atoms with Crippen LogP contribution in [-0.2, 0) is 9.59 Å². The number of rotatable bonds is 4. The number of amides is 2. The number of hydrazone groups is 1. The molecule has 1 aromatic carbocycles. The van der Waals surface area contributed by atoms with Crippen molar-refractivity contribution in [1.82, 2.24) is 5.43 Å². The minimum absolute atomic E-state index is 0.0554. The molecule has 1 aromatic rings. The molecule has 25 heavy (non-hydrogen) atoms. The van der Waals surface area contributed by atoms with Gasteiger partial charge in [-0.2, -0.15) is 5.10 Å². The molecule has 0 aromatic heterocycles. The minimum atomic E-state index is -0.515. The van der Waals surface area contributed by atoms with E-state index in [9.17, 15) is 9.59 Å². The minimum Gasteiger partial charge on any atom is -0.326 e. The Bertz CT molecular complexity index is 738. The molecule has 0 spiro atoms. The summed E-state index contributed by atoms with van der Waals surface area (Å²) < 4.78 is -0.350. The molecule has 0 heterocycles. The standard InChI is InChI=1S/C18H23Br2N3O2/c1-11(22-23-15(25)17(5)10-18(17,19)20)12-7-6-8-13(9-12)21-14(24)16(2,3)4/h6-9H,10H2,1-5H3,(H,21,24)(H,23,25)/t17-/m1/s1. The number of hydrogen-bond donors (Lipinski definition) is 2. The second-order valence-electron chi connectivity index (χ2n) is 7.64. The predicted molar refractivity (Wildman–Crippen MR) is 108 cm³/mol. The lowest BCUT2D eigenvalue weighted by molar-refractivity contribution is -0.125. The van der Waals surface area contributed by atoms with Gasteiger partial charge in [0.15, 0.2) is 0 Å². The fourth-order valence-corrected chi connectivity index (χ4v) is 3.59. The predicted octanol–water partition coefficient (Wildman–Crippen LogP) is 4.41. The molecule has 1 aliphatic carbocycles. The van der Waals surface area contributed by atoms with Crippen LogP contribution in [0.2, 0.25) is 0 Å². The van der Waals surface area contributed by atoms with E-state index in [-0.39, 0.29) is 15.0 Å². The summed E-state index contributed by atoms with van der Waals surface area (Å²) in [6.07, 6.45) is 0.703. The first-order valence-electron chi connectivity index (χ1n) is 8.01. The number of nitrogens with one attached hydrogen (secondary N) is 2. The third-order valence-electron chi connectivity index (χ3n) is 4.30. The number of hydrogen-bond acceptors (Lipinski definition) is 3. The zero-order valence-corrected chi connectivity index (χ0v) is 18.2. The van der Waals surface area contributed by atoms with Crippen LogP contribution in [-0.4, -0.2) is 20.8 Å². The topological polar surface area (TPSA) is 70.6 Å². The zero-order valence-electron chi connectivity index (χ0n) is 15.0. The first kappa shape index (κ1) is 20.1. The van der Waals surface area contributed by atoms with E-state index >= 15 is 0 Å². The molecule has 1 aliphatic rings. The highest BCUT2D eigenvalue weighted by molar-refractivity contribution is 9.25. The van der Waals surface area contributed by atoms with E-state index in [2.05, 4.69) is 47.7 Å². The van der Waals surface area contributed by atoms with E-state index in [0.717, 1.165) is 5.56 Å². The van der Waals surface area contributed by atoms with Gasteiger partial charge < -0.3 is 5.32 Å². The number of nitrogens with zero attached hydrogens (tertiary/aromatic N) is 1. The first-order valence-corrected chi connectivity index (χ1v) is 9.60. The highest BCUT2D eigenvalue weighted by atomic mass is 79.9. The highest BCUT2D eigenvalue weighted by Gasteiger charge is 2.66. The summed E-state index contributed by atoms with van der Waals surface area (Å²) >= 11 is 6.95. The van der Waals surface area contributed by atoms with Gasteiger partial charge in [0.25, 0.3) is 0 Å². The largest absolute Gasteiger partial charge is 0.326 e. The number of alkyl halides is 2. The number of carbonyl (C=O) groups excluding carboxylic acids is 2. The van der Waals surface area contributed by atoms with Crippen LogP contribution in [0.15, 0.2) is 29.4 Å². The van der Waals surface area contributed by atoms with Crippen molar-refractivity contribution in [3.8, 4) is 0 Å². The van der Waals surface area contributed by atoms with Crippen LogP contribution in [0.4, 0.5) is 5.69 Å². The highest BCUT2D eigenvalue weighted by Crippen LogP contribution is 2.66. The molecule has 0 saturated heterocycles. The average Bonchev–Trinajstić information content (AvgIpc) is 3.03. The number of halogens is 2. The summed E-state index contributed by atoms with van der Waals surface area (Å²) in [7, 11) is 0. The molecule has 0 radical (unpaired) electrons. The fraction of sp³-hybridized carbons (Fsp3) is 0.500. The molecule has 2 N–H and O–H groups in total.